The molecule has 0 aliphatic heterocycles. The number of aryl methyl sites for hydroxylation is 1. The molecule has 6 nitrogen and oxygen atoms in total. The van der Waals surface area contributed by atoms with Crippen LogP contribution in [-0.4, -0.2) is 26.3 Å². The largest absolute Gasteiger partial charge is 0.497 e. The van der Waals surface area contributed by atoms with Gasteiger partial charge in [-0.25, -0.2) is 4.57 Å². The van der Waals surface area contributed by atoms with Crippen LogP contribution in [0.1, 0.15) is 11.1 Å². The number of hydrogen-bond acceptors (Lipinski definition) is 5. The van der Waals surface area contributed by atoms with Crippen LogP contribution in [0.4, 0.5) is 0 Å². The summed E-state index contributed by atoms with van der Waals surface area (Å²) in [6, 6.07) is 23.4. The highest BCUT2D eigenvalue weighted by atomic mass is 32.2. The van der Waals surface area contributed by atoms with Crippen LogP contribution in [0.2, 0.25) is 0 Å². The van der Waals surface area contributed by atoms with Gasteiger partial charge in [0.25, 0.3) is 5.56 Å². The highest BCUT2D eigenvalue weighted by molar-refractivity contribution is 7.98. The van der Waals surface area contributed by atoms with Gasteiger partial charge in [-0.1, -0.05) is 59.8 Å². The molecular weight excluding hydrogens is 408 g/mol. The SMILES string of the molecule is COc1cccc(-n2c(=O)c3ccccc3n3c(SCc4ccc(C)cc4)nnc23)c1. The van der Waals surface area contributed by atoms with Gasteiger partial charge in [0.2, 0.25) is 5.78 Å². The van der Waals surface area contributed by atoms with Crippen LogP contribution >= 0.6 is 11.8 Å². The molecule has 7 heteroatoms. The van der Waals surface area contributed by atoms with E-state index in [1.54, 1.807) is 23.4 Å². The summed E-state index contributed by atoms with van der Waals surface area (Å²) < 4.78 is 8.90. The summed E-state index contributed by atoms with van der Waals surface area (Å²) in [5.41, 5.74) is 3.77. The summed E-state index contributed by atoms with van der Waals surface area (Å²) in [5.74, 6) is 1.90. The molecule has 0 radical (unpaired) electrons. The number of hydrogen-bond donors (Lipinski definition) is 0. The summed E-state index contributed by atoms with van der Waals surface area (Å²) in [6.07, 6.45) is 0. The van der Waals surface area contributed by atoms with Crippen molar-refractivity contribution < 1.29 is 4.74 Å². The van der Waals surface area contributed by atoms with Crippen LogP contribution in [0, 0.1) is 6.92 Å². The van der Waals surface area contributed by atoms with Gasteiger partial charge in [-0.3, -0.25) is 9.20 Å². The number of rotatable bonds is 5. The number of thioether (sulfide) groups is 1. The topological polar surface area (TPSA) is 61.4 Å². The monoisotopic (exact) mass is 428 g/mol. The quantitative estimate of drug-likeness (QED) is 0.382. The molecule has 0 fully saturated rings. The Morgan fingerprint density at radius 2 is 1.77 bits per heavy atom. The molecule has 154 valence electrons. The smallest absolute Gasteiger partial charge is 0.267 e. The van der Waals surface area contributed by atoms with Gasteiger partial charge in [0.1, 0.15) is 5.75 Å². The van der Waals surface area contributed by atoms with Crippen molar-refractivity contribution in [3.63, 3.8) is 0 Å². The number of ether oxygens (including phenoxy) is 1. The molecule has 31 heavy (non-hydrogen) atoms. The van der Waals surface area contributed by atoms with E-state index in [1.807, 2.05) is 52.9 Å². The van der Waals surface area contributed by atoms with Gasteiger partial charge in [-0.05, 0) is 36.8 Å². The van der Waals surface area contributed by atoms with Crippen molar-refractivity contribution in [2.24, 2.45) is 0 Å². The second-order valence-electron chi connectivity index (χ2n) is 7.25. The van der Waals surface area contributed by atoms with Crippen LogP contribution < -0.4 is 10.3 Å². The molecule has 0 unspecified atom stereocenters. The zero-order chi connectivity index (χ0) is 21.4. The number of benzene rings is 3. The average Bonchev–Trinajstić information content (AvgIpc) is 3.23. The molecule has 0 spiro atoms. The third-order valence-corrected chi connectivity index (χ3v) is 6.19. The summed E-state index contributed by atoms with van der Waals surface area (Å²) in [6.45, 7) is 2.08. The third-order valence-electron chi connectivity index (χ3n) is 5.19. The number of aromatic nitrogens is 4. The van der Waals surface area contributed by atoms with E-state index in [2.05, 4.69) is 41.4 Å². The predicted octanol–water partition coefficient (Wildman–Crippen LogP) is 4.64. The van der Waals surface area contributed by atoms with Gasteiger partial charge in [0.05, 0.1) is 23.7 Å². The second-order valence-corrected chi connectivity index (χ2v) is 8.19. The lowest BCUT2D eigenvalue weighted by molar-refractivity contribution is 0.414. The number of nitrogens with zero attached hydrogens (tertiary/aromatic N) is 4. The zero-order valence-corrected chi connectivity index (χ0v) is 18.0. The molecule has 0 amide bonds. The van der Waals surface area contributed by atoms with E-state index in [0.717, 1.165) is 16.4 Å². The lowest BCUT2D eigenvalue weighted by Gasteiger charge is -2.12. The van der Waals surface area contributed by atoms with Gasteiger partial charge in [-0.2, -0.15) is 0 Å². The summed E-state index contributed by atoms with van der Waals surface area (Å²) in [5, 5.41) is 10.2. The maximum absolute atomic E-state index is 13.4. The summed E-state index contributed by atoms with van der Waals surface area (Å²) in [4.78, 5) is 13.4. The van der Waals surface area contributed by atoms with Crippen molar-refractivity contribution in [2.75, 3.05) is 7.11 Å². The maximum atomic E-state index is 13.4. The molecule has 5 aromatic rings. The van der Waals surface area contributed by atoms with Crippen molar-refractivity contribution in [1.82, 2.24) is 19.2 Å². The second kappa shape index (κ2) is 7.92. The average molecular weight is 429 g/mol. The minimum atomic E-state index is -0.140. The fraction of sp³-hybridized carbons (Fsp3) is 0.125. The Kier molecular flexibility index (Phi) is 4.95. The summed E-state index contributed by atoms with van der Waals surface area (Å²) >= 11 is 1.60. The fourth-order valence-corrected chi connectivity index (χ4v) is 4.48. The Labute approximate surface area is 183 Å². The molecule has 0 saturated carbocycles. The zero-order valence-electron chi connectivity index (χ0n) is 17.1. The third kappa shape index (κ3) is 3.47. The van der Waals surface area contributed by atoms with Crippen LogP contribution in [0.5, 0.6) is 5.75 Å². The van der Waals surface area contributed by atoms with Crippen LogP contribution in [0.15, 0.2) is 82.7 Å². The Morgan fingerprint density at radius 3 is 2.58 bits per heavy atom. The van der Waals surface area contributed by atoms with Crippen LogP contribution in [0.3, 0.4) is 0 Å². The number of methoxy groups -OCH3 is 1. The first kappa shape index (κ1) is 19.4. The maximum Gasteiger partial charge on any atom is 0.267 e. The highest BCUT2D eigenvalue weighted by Crippen LogP contribution is 2.26. The van der Waals surface area contributed by atoms with E-state index >= 15 is 0 Å². The first-order valence-corrected chi connectivity index (χ1v) is 10.9. The molecule has 3 aromatic carbocycles. The van der Waals surface area contributed by atoms with Gasteiger partial charge in [0, 0.05) is 11.8 Å². The first-order chi connectivity index (χ1) is 15.2. The Morgan fingerprint density at radius 1 is 0.968 bits per heavy atom. The standard InChI is InChI=1S/C24H20N4O2S/c1-16-10-12-17(13-11-16)15-31-24-26-25-23-27(18-6-5-7-19(14-18)30-2)22(29)20-8-3-4-9-21(20)28(23)24/h3-14H,15H2,1-2H3. The predicted molar refractivity (Wildman–Crippen MR) is 123 cm³/mol. The molecule has 2 heterocycles. The summed E-state index contributed by atoms with van der Waals surface area (Å²) in [7, 11) is 1.61. The number of fused-ring (bicyclic) bond motifs is 3. The first-order valence-electron chi connectivity index (χ1n) is 9.87. The van der Waals surface area contributed by atoms with E-state index in [4.69, 9.17) is 4.74 Å². The van der Waals surface area contributed by atoms with Crippen molar-refractivity contribution >= 4 is 28.4 Å². The lowest BCUT2D eigenvalue weighted by atomic mass is 10.2. The molecule has 5 rings (SSSR count). The highest BCUT2D eigenvalue weighted by Gasteiger charge is 2.18. The fourth-order valence-electron chi connectivity index (χ4n) is 3.59. The van der Waals surface area contributed by atoms with Gasteiger partial charge >= 0.3 is 0 Å². The van der Waals surface area contributed by atoms with Crippen LogP contribution in [0.25, 0.3) is 22.4 Å². The Balaban J connectivity index is 1.70. The van der Waals surface area contributed by atoms with Gasteiger partial charge < -0.3 is 4.74 Å². The van der Waals surface area contributed by atoms with Crippen molar-refractivity contribution in [2.45, 2.75) is 17.8 Å². The molecular formula is C24H20N4O2S. The van der Waals surface area contributed by atoms with Gasteiger partial charge in [0.15, 0.2) is 5.16 Å². The minimum absolute atomic E-state index is 0.140. The van der Waals surface area contributed by atoms with E-state index in [9.17, 15) is 4.79 Å². The van der Waals surface area contributed by atoms with Crippen molar-refractivity contribution in [3.8, 4) is 11.4 Å². The van der Waals surface area contributed by atoms with Gasteiger partial charge in [-0.15, -0.1) is 10.2 Å². The molecule has 0 atom stereocenters. The Bertz CT molecular complexity index is 1450. The molecule has 0 aliphatic rings. The molecule has 2 aromatic heterocycles. The number of para-hydroxylation sites is 1. The van der Waals surface area contributed by atoms with E-state index < -0.39 is 0 Å². The van der Waals surface area contributed by atoms with Crippen molar-refractivity contribution in [1.29, 1.82) is 0 Å². The molecule has 0 bridgehead atoms. The minimum Gasteiger partial charge on any atom is -0.497 e. The molecule has 0 saturated heterocycles. The Hall–Kier alpha value is -3.58. The lowest BCUT2D eigenvalue weighted by Crippen LogP contribution is -2.21. The van der Waals surface area contributed by atoms with E-state index in [-0.39, 0.29) is 5.56 Å². The van der Waals surface area contributed by atoms with Crippen molar-refractivity contribution in [3.05, 3.63) is 94.3 Å². The normalized spacial score (nSPS) is 11.3. The van der Waals surface area contributed by atoms with E-state index in [1.165, 1.54) is 11.1 Å². The van der Waals surface area contributed by atoms with E-state index in [0.29, 0.717) is 22.6 Å². The van der Waals surface area contributed by atoms with Crippen LogP contribution in [-0.2, 0) is 5.75 Å². The molecule has 0 aliphatic carbocycles. The molecule has 0 N–H and O–H groups in total.